The molecule has 0 aliphatic heterocycles. The monoisotopic (exact) mass is 243 g/mol. The summed E-state index contributed by atoms with van der Waals surface area (Å²) in [6.07, 6.45) is 3.74. The zero-order valence-electron chi connectivity index (χ0n) is 11.8. The molecule has 0 aromatic carbocycles. The number of pyridine rings is 2. The standard InChI is InChI=1S/C15H21N3/c1-9(2)14-11(5)12-6-7-16-8-13(12)15(18-14)17-10(3)4/h6-10H,1-5H3,(H,17,18). The zero-order valence-corrected chi connectivity index (χ0v) is 11.8. The first-order valence-corrected chi connectivity index (χ1v) is 6.51. The van der Waals surface area contributed by atoms with Crippen molar-refractivity contribution in [3.05, 3.63) is 29.7 Å². The predicted molar refractivity (Wildman–Crippen MR) is 77.1 cm³/mol. The number of aromatic nitrogens is 2. The van der Waals surface area contributed by atoms with Crippen LogP contribution in [0.25, 0.3) is 10.8 Å². The highest BCUT2D eigenvalue weighted by Gasteiger charge is 2.13. The van der Waals surface area contributed by atoms with E-state index in [9.17, 15) is 0 Å². The van der Waals surface area contributed by atoms with Gasteiger partial charge in [-0.15, -0.1) is 0 Å². The van der Waals surface area contributed by atoms with Crippen molar-refractivity contribution in [2.45, 2.75) is 46.6 Å². The van der Waals surface area contributed by atoms with Crippen LogP contribution in [0.5, 0.6) is 0 Å². The van der Waals surface area contributed by atoms with Crippen molar-refractivity contribution in [2.75, 3.05) is 5.32 Å². The summed E-state index contributed by atoms with van der Waals surface area (Å²) in [7, 11) is 0. The first-order valence-electron chi connectivity index (χ1n) is 6.51. The highest BCUT2D eigenvalue weighted by atomic mass is 15.0. The third-order valence-corrected chi connectivity index (χ3v) is 3.07. The minimum Gasteiger partial charge on any atom is -0.367 e. The fourth-order valence-electron chi connectivity index (χ4n) is 2.26. The lowest BCUT2D eigenvalue weighted by atomic mass is 10.00. The van der Waals surface area contributed by atoms with Crippen LogP contribution in [0.15, 0.2) is 18.5 Å². The van der Waals surface area contributed by atoms with E-state index in [1.54, 1.807) is 0 Å². The summed E-state index contributed by atoms with van der Waals surface area (Å²) in [5.41, 5.74) is 2.42. The summed E-state index contributed by atoms with van der Waals surface area (Å²) in [6, 6.07) is 2.44. The number of nitrogens with one attached hydrogen (secondary N) is 1. The average molecular weight is 243 g/mol. The van der Waals surface area contributed by atoms with Gasteiger partial charge in [-0.2, -0.15) is 0 Å². The quantitative estimate of drug-likeness (QED) is 0.889. The molecule has 1 N–H and O–H groups in total. The van der Waals surface area contributed by atoms with Gasteiger partial charge in [-0.05, 0) is 43.7 Å². The molecule has 0 spiro atoms. The van der Waals surface area contributed by atoms with Crippen molar-refractivity contribution in [1.29, 1.82) is 0 Å². The molecule has 0 aliphatic carbocycles. The number of hydrogen-bond donors (Lipinski definition) is 1. The Labute approximate surface area is 109 Å². The van der Waals surface area contributed by atoms with E-state index < -0.39 is 0 Å². The van der Waals surface area contributed by atoms with Gasteiger partial charge >= 0.3 is 0 Å². The van der Waals surface area contributed by atoms with Crippen LogP contribution in [0, 0.1) is 6.92 Å². The van der Waals surface area contributed by atoms with Crippen molar-refractivity contribution >= 4 is 16.6 Å². The van der Waals surface area contributed by atoms with Gasteiger partial charge in [0.05, 0.1) is 0 Å². The van der Waals surface area contributed by atoms with Crippen LogP contribution in [0.3, 0.4) is 0 Å². The summed E-state index contributed by atoms with van der Waals surface area (Å²) in [6.45, 7) is 10.8. The molecule has 0 saturated carbocycles. The maximum absolute atomic E-state index is 4.79. The third-order valence-electron chi connectivity index (χ3n) is 3.07. The second-order valence-corrected chi connectivity index (χ2v) is 5.35. The topological polar surface area (TPSA) is 37.8 Å². The first-order chi connectivity index (χ1) is 8.50. The van der Waals surface area contributed by atoms with E-state index in [1.807, 2.05) is 12.4 Å². The highest BCUT2D eigenvalue weighted by molar-refractivity contribution is 5.94. The summed E-state index contributed by atoms with van der Waals surface area (Å²) in [5.74, 6) is 1.37. The molecule has 3 heteroatoms. The molecule has 18 heavy (non-hydrogen) atoms. The third kappa shape index (κ3) is 2.30. The molecule has 0 atom stereocenters. The Morgan fingerprint density at radius 1 is 1.11 bits per heavy atom. The van der Waals surface area contributed by atoms with Gasteiger partial charge in [0.25, 0.3) is 0 Å². The maximum Gasteiger partial charge on any atom is 0.135 e. The smallest absolute Gasteiger partial charge is 0.135 e. The Bertz CT molecular complexity index is 559. The molecular formula is C15H21N3. The Kier molecular flexibility index (Phi) is 3.50. The molecule has 3 nitrogen and oxygen atoms in total. The summed E-state index contributed by atoms with van der Waals surface area (Å²) in [4.78, 5) is 9.01. The molecule has 96 valence electrons. The molecule has 2 aromatic heterocycles. The van der Waals surface area contributed by atoms with Crippen LogP contribution >= 0.6 is 0 Å². The van der Waals surface area contributed by atoms with E-state index in [0.717, 1.165) is 16.9 Å². The number of fused-ring (bicyclic) bond motifs is 1. The van der Waals surface area contributed by atoms with Gasteiger partial charge in [0, 0.05) is 29.5 Å². The van der Waals surface area contributed by atoms with E-state index in [2.05, 4.69) is 51.0 Å². The lowest BCUT2D eigenvalue weighted by Crippen LogP contribution is -2.13. The van der Waals surface area contributed by atoms with E-state index in [-0.39, 0.29) is 0 Å². The van der Waals surface area contributed by atoms with Crippen molar-refractivity contribution in [3.63, 3.8) is 0 Å². The van der Waals surface area contributed by atoms with Crippen LogP contribution in [0.4, 0.5) is 5.82 Å². The van der Waals surface area contributed by atoms with E-state index in [4.69, 9.17) is 4.98 Å². The van der Waals surface area contributed by atoms with E-state index in [1.165, 1.54) is 10.9 Å². The van der Waals surface area contributed by atoms with Gasteiger partial charge in [0.1, 0.15) is 5.82 Å². The van der Waals surface area contributed by atoms with Gasteiger partial charge in [-0.25, -0.2) is 4.98 Å². The van der Waals surface area contributed by atoms with Crippen LogP contribution in [0.2, 0.25) is 0 Å². The largest absolute Gasteiger partial charge is 0.367 e. The first kappa shape index (κ1) is 12.8. The molecule has 0 radical (unpaired) electrons. The number of anilines is 1. The van der Waals surface area contributed by atoms with Gasteiger partial charge in [0.2, 0.25) is 0 Å². The molecule has 0 aliphatic rings. The molecule has 0 fully saturated rings. The number of rotatable bonds is 3. The minimum atomic E-state index is 0.364. The minimum absolute atomic E-state index is 0.364. The molecule has 2 rings (SSSR count). The fourth-order valence-corrected chi connectivity index (χ4v) is 2.26. The normalized spacial score (nSPS) is 11.5. The highest BCUT2D eigenvalue weighted by Crippen LogP contribution is 2.29. The SMILES string of the molecule is Cc1c(C(C)C)nc(NC(C)C)c2cnccc12. The van der Waals surface area contributed by atoms with Gasteiger partial charge in [-0.1, -0.05) is 13.8 Å². The molecule has 0 bridgehead atoms. The van der Waals surface area contributed by atoms with Gasteiger partial charge in [-0.3, -0.25) is 4.98 Å². The van der Waals surface area contributed by atoms with Crippen LogP contribution in [-0.2, 0) is 0 Å². The molecule has 0 unspecified atom stereocenters. The summed E-state index contributed by atoms with van der Waals surface area (Å²) in [5, 5.41) is 5.77. The average Bonchev–Trinajstić information content (AvgIpc) is 2.32. The Balaban J connectivity index is 2.71. The summed E-state index contributed by atoms with van der Waals surface area (Å²) < 4.78 is 0. The molecular weight excluding hydrogens is 222 g/mol. The van der Waals surface area contributed by atoms with E-state index in [0.29, 0.717) is 12.0 Å². The van der Waals surface area contributed by atoms with Crippen LogP contribution in [0.1, 0.15) is 44.9 Å². The predicted octanol–water partition coefficient (Wildman–Crippen LogP) is 3.88. The molecule has 2 aromatic rings. The lowest BCUT2D eigenvalue weighted by Gasteiger charge is -2.17. The fraction of sp³-hybridized carbons (Fsp3) is 0.467. The Hall–Kier alpha value is -1.64. The van der Waals surface area contributed by atoms with Crippen molar-refractivity contribution in [3.8, 4) is 0 Å². The van der Waals surface area contributed by atoms with Crippen molar-refractivity contribution in [2.24, 2.45) is 0 Å². The molecule has 2 heterocycles. The van der Waals surface area contributed by atoms with Crippen molar-refractivity contribution in [1.82, 2.24) is 9.97 Å². The van der Waals surface area contributed by atoms with Crippen LogP contribution < -0.4 is 5.32 Å². The second kappa shape index (κ2) is 4.92. The number of hydrogen-bond acceptors (Lipinski definition) is 3. The lowest BCUT2D eigenvalue weighted by molar-refractivity contribution is 0.809. The van der Waals surface area contributed by atoms with E-state index >= 15 is 0 Å². The Morgan fingerprint density at radius 3 is 2.44 bits per heavy atom. The molecule has 0 amide bonds. The number of aryl methyl sites for hydroxylation is 1. The summed E-state index contributed by atoms with van der Waals surface area (Å²) >= 11 is 0. The Morgan fingerprint density at radius 2 is 1.83 bits per heavy atom. The number of nitrogens with zero attached hydrogens (tertiary/aromatic N) is 2. The maximum atomic E-state index is 4.79. The molecule has 0 saturated heterocycles. The zero-order chi connectivity index (χ0) is 13.3. The van der Waals surface area contributed by atoms with Crippen molar-refractivity contribution < 1.29 is 0 Å². The van der Waals surface area contributed by atoms with Crippen LogP contribution in [-0.4, -0.2) is 16.0 Å². The second-order valence-electron chi connectivity index (χ2n) is 5.35. The van der Waals surface area contributed by atoms with Gasteiger partial charge < -0.3 is 5.32 Å². The van der Waals surface area contributed by atoms with Gasteiger partial charge in [0.15, 0.2) is 0 Å².